The Bertz CT molecular complexity index is 376. The van der Waals surface area contributed by atoms with Crippen molar-refractivity contribution >= 4 is 12.2 Å². The van der Waals surface area contributed by atoms with Crippen LogP contribution >= 0.6 is 0 Å². The Balaban J connectivity index is 2.81. The highest BCUT2D eigenvalue weighted by Gasteiger charge is 2.02. The van der Waals surface area contributed by atoms with Gasteiger partial charge in [0.2, 0.25) is 0 Å². The maximum absolute atomic E-state index is 10.2. The predicted molar refractivity (Wildman–Crippen MR) is 50.1 cm³/mol. The fourth-order valence-corrected chi connectivity index (χ4v) is 0.818. The Labute approximate surface area is 79.7 Å². The van der Waals surface area contributed by atoms with Crippen LogP contribution in [0, 0.1) is 0 Å². The summed E-state index contributed by atoms with van der Waals surface area (Å²) in [6.07, 6.45) is 1.17. The summed E-state index contributed by atoms with van der Waals surface area (Å²) in [5.74, 6) is -0.560. The van der Waals surface area contributed by atoms with E-state index >= 15 is 0 Å². The zero-order valence-electron chi connectivity index (χ0n) is 7.14. The molecule has 6 nitrogen and oxygen atoms in total. The molecule has 6 heteroatoms. The molecular weight excluding hydrogens is 186 g/mol. The van der Waals surface area contributed by atoms with Gasteiger partial charge in [0.05, 0.1) is 6.21 Å². The van der Waals surface area contributed by atoms with Crippen molar-refractivity contribution in [2.75, 3.05) is 0 Å². The molecule has 0 fully saturated rings. The monoisotopic (exact) mass is 195 g/mol. The first kappa shape index (κ1) is 9.85. The van der Waals surface area contributed by atoms with Crippen LogP contribution in [0.4, 0.5) is 4.79 Å². The lowest BCUT2D eigenvalue weighted by Crippen LogP contribution is -2.24. The standard InChI is InChI=1S/C8H9N3O3/c9-8(14)11-10-4-5-2-1-3-6(12)7(5)13/h1-4,12-13H,(H3,9,11,14). The molecule has 0 saturated heterocycles. The minimum atomic E-state index is -0.805. The molecular formula is C8H9N3O3. The molecule has 0 bridgehead atoms. The summed E-state index contributed by atoms with van der Waals surface area (Å²) in [5.41, 5.74) is 6.98. The van der Waals surface area contributed by atoms with E-state index in [1.54, 1.807) is 0 Å². The van der Waals surface area contributed by atoms with E-state index in [1.807, 2.05) is 5.43 Å². The number of phenols is 2. The number of hydrogen-bond acceptors (Lipinski definition) is 4. The second kappa shape index (κ2) is 4.13. The third-order valence-electron chi connectivity index (χ3n) is 1.42. The van der Waals surface area contributed by atoms with Gasteiger partial charge in [-0.2, -0.15) is 5.10 Å². The third kappa shape index (κ3) is 2.37. The van der Waals surface area contributed by atoms with E-state index in [2.05, 4.69) is 5.10 Å². The number of amides is 2. The van der Waals surface area contributed by atoms with Crippen LogP contribution in [-0.4, -0.2) is 22.5 Å². The second-order valence-corrected chi connectivity index (χ2v) is 2.45. The fraction of sp³-hybridized carbons (Fsp3) is 0. The lowest BCUT2D eigenvalue weighted by Gasteiger charge is -1.99. The number of nitrogens with two attached hydrogens (primary N) is 1. The highest BCUT2D eigenvalue weighted by Crippen LogP contribution is 2.26. The Morgan fingerprint density at radius 3 is 2.86 bits per heavy atom. The van der Waals surface area contributed by atoms with Gasteiger partial charge in [-0.1, -0.05) is 6.07 Å². The zero-order valence-corrected chi connectivity index (χ0v) is 7.14. The maximum atomic E-state index is 10.2. The molecule has 0 saturated carbocycles. The minimum absolute atomic E-state index is 0.256. The van der Waals surface area contributed by atoms with E-state index in [0.717, 1.165) is 0 Å². The summed E-state index contributed by atoms with van der Waals surface area (Å²) < 4.78 is 0. The van der Waals surface area contributed by atoms with Gasteiger partial charge in [-0.05, 0) is 12.1 Å². The smallest absolute Gasteiger partial charge is 0.332 e. The Hall–Kier alpha value is -2.24. The quantitative estimate of drug-likeness (QED) is 0.305. The van der Waals surface area contributed by atoms with Crippen LogP contribution in [0.25, 0.3) is 0 Å². The summed E-state index contributed by atoms with van der Waals surface area (Å²) in [7, 11) is 0. The molecule has 14 heavy (non-hydrogen) atoms. The summed E-state index contributed by atoms with van der Waals surface area (Å²) in [4.78, 5) is 10.2. The highest BCUT2D eigenvalue weighted by atomic mass is 16.3. The molecule has 0 aliphatic rings. The van der Waals surface area contributed by atoms with Crippen LogP contribution in [0.1, 0.15) is 5.56 Å². The average Bonchev–Trinajstić information content (AvgIpc) is 2.12. The first-order valence-electron chi connectivity index (χ1n) is 3.70. The first-order chi connectivity index (χ1) is 6.61. The maximum Gasteiger partial charge on any atom is 0.332 e. The lowest BCUT2D eigenvalue weighted by molar-refractivity contribution is 0.249. The molecule has 0 aromatic heterocycles. The fourth-order valence-electron chi connectivity index (χ4n) is 0.818. The molecule has 0 radical (unpaired) electrons. The van der Waals surface area contributed by atoms with Gasteiger partial charge in [-0.25, -0.2) is 10.2 Å². The number of aromatic hydroxyl groups is 2. The number of carbonyl (C=O) groups excluding carboxylic acids is 1. The van der Waals surface area contributed by atoms with Gasteiger partial charge in [0.25, 0.3) is 0 Å². The topological polar surface area (TPSA) is 108 Å². The van der Waals surface area contributed by atoms with Crippen molar-refractivity contribution in [1.29, 1.82) is 0 Å². The van der Waals surface area contributed by atoms with Gasteiger partial charge >= 0.3 is 6.03 Å². The van der Waals surface area contributed by atoms with E-state index in [0.29, 0.717) is 0 Å². The van der Waals surface area contributed by atoms with Crippen LogP contribution in [0.3, 0.4) is 0 Å². The van der Waals surface area contributed by atoms with Crippen molar-refractivity contribution in [2.24, 2.45) is 10.8 Å². The number of urea groups is 1. The molecule has 2 amide bonds. The van der Waals surface area contributed by atoms with E-state index in [9.17, 15) is 9.90 Å². The third-order valence-corrected chi connectivity index (χ3v) is 1.42. The highest BCUT2D eigenvalue weighted by molar-refractivity contribution is 5.85. The van der Waals surface area contributed by atoms with E-state index in [1.165, 1.54) is 24.4 Å². The Kier molecular flexibility index (Phi) is 2.90. The van der Waals surface area contributed by atoms with E-state index in [-0.39, 0.29) is 17.1 Å². The molecule has 74 valence electrons. The zero-order chi connectivity index (χ0) is 10.6. The van der Waals surface area contributed by atoms with Gasteiger partial charge in [-0.3, -0.25) is 0 Å². The second-order valence-electron chi connectivity index (χ2n) is 2.45. The molecule has 1 rings (SSSR count). The largest absolute Gasteiger partial charge is 0.504 e. The summed E-state index contributed by atoms with van der Waals surface area (Å²) in [6.45, 7) is 0. The average molecular weight is 195 g/mol. The Morgan fingerprint density at radius 2 is 2.21 bits per heavy atom. The van der Waals surface area contributed by atoms with Crippen molar-refractivity contribution in [3.63, 3.8) is 0 Å². The molecule has 0 spiro atoms. The molecule has 0 heterocycles. The minimum Gasteiger partial charge on any atom is -0.504 e. The van der Waals surface area contributed by atoms with Gasteiger partial charge in [0, 0.05) is 5.56 Å². The number of nitrogens with zero attached hydrogens (tertiary/aromatic N) is 1. The van der Waals surface area contributed by atoms with Gasteiger partial charge in [-0.15, -0.1) is 0 Å². The lowest BCUT2D eigenvalue weighted by atomic mass is 10.2. The number of nitrogens with one attached hydrogen (secondary N) is 1. The van der Waals surface area contributed by atoms with Gasteiger partial charge in [0.1, 0.15) is 0 Å². The summed E-state index contributed by atoms with van der Waals surface area (Å²) >= 11 is 0. The molecule has 0 unspecified atom stereocenters. The number of phenolic OH excluding ortho intramolecular Hbond substituents is 2. The van der Waals surface area contributed by atoms with Crippen molar-refractivity contribution < 1.29 is 15.0 Å². The van der Waals surface area contributed by atoms with Crippen molar-refractivity contribution in [3.05, 3.63) is 23.8 Å². The SMILES string of the molecule is NC(=O)NN=Cc1cccc(O)c1O. The Morgan fingerprint density at radius 1 is 1.50 bits per heavy atom. The predicted octanol–water partition coefficient (Wildman–Crippen LogP) is 0.1000. The van der Waals surface area contributed by atoms with Crippen molar-refractivity contribution in [1.82, 2.24) is 5.43 Å². The molecule has 1 aromatic carbocycles. The van der Waals surface area contributed by atoms with E-state index < -0.39 is 6.03 Å². The van der Waals surface area contributed by atoms with Crippen LogP contribution in [0.2, 0.25) is 0 Å². The number of rotatable bonds is 2. The normalized spacial score (nSPS) is 10.3. The van der Waals surface area contributed by atoms with Crippen LogP contribution in [0.5, 0.6) is 11.5 Å². The number of para-hydroxylation sites is 1. The number of primary amides is 1. The number of benzene rings is 1. The van der Waals surface area contributed by atoms with Crippen molar-refractivity contribution in [3.8, 4) is 11.5 Å². The number of hydrogen-bond donors (Lipinski definition) is 4. The van der Waals surface area contributed by atoms with E-state index in [4.69, 9.17) is 10.8 Å². The van der Waals surface area contributed by atoms with Crippen LogP contribution in [0.15, 0.2) is 23.3 Å². The van der Waals surface area contributed by atoms with Crippen molar-refractivity contribution in [2.45, 2.75) is 0 Å². The molecule has 0 atom stereocenters. The van der Waals surface area contributed by atoms with Crippen LogP contribution < -0.4 is 11.2 Å². The molecule has 0 aliphatic heterocycles. The van der Waals surface area contributed by atoms with Gasteiger partial charge < -0.3 is 15.9 Å². The summed E-state index contributed by atoms with van der Waals surface area (Å²) in [6, 6.07) is 3.57. The van der Waals surface area contributed by atoms with Crippen LogP contribution in [-0.2, 0) is 0 Å². The molecule has 5 N–H and O–H groups in total. The summed E-state index contributed by atoms with van der Waals surface area (Å²) in [5, 5.41) is 21.8. The number of carbonyl (C=O) groups is 1. The van der Waals surface area contributed by atoms with Gasteiger partial charge in [0.15, 0.2) is 11.5 Å². The molecule has 1 aromatic rings. The first-order valence-corrected chi connectivity index (χ1v) is 3.70. The number of hydrazone groups is 1. The molecule has 0 aliphatic carbocycles.